The van der Waals surface area contributed by atoms with Gasteiger partial charge in [0.15, 0.2) is 0 Å². The van der Waals surface area contributed by atoms with Crippen LogP contribution >= 0.6 is 7.60 Å². The summed E-state index contributed by atoms with van der Waals surface area (Å²) in [5, 5.41) is -1.64. The summed E-state index contributed by atoms with van der Waals surface area (Å²) in [5.41, 5.74) is 1.81. The topological polar surface area (TPSA) is 82.1 Å². The van der Waals surface area contributed by atoms with Crippen LogP contribution in [0.1, 0.15) is 17.2 Å². The second-order valence-electron chi connectivity index (χ2n) is 7.04. The molecule has 2 aromatic carbocycles. The van der Waals surface area contributed by atoms with Gasteiger partial charge >= 0.3 is 7.60 Å². The van der Waals surface area contributed by atoms with Crippen LogP contribution in [0.3, 0.4) is 0 Å². The highest BCUT2D eigenvalue weighted by Crippen LogP contribution is 2.79. The normalized spacial score (nSPS) is 30.6. The van der Waals surface area contributed by atoms with Gasteiger partial charge in [-0.3, -0.25) is 14.2 Å². The Bertz CT molecular complexity index is 1030. The first-order valence-electron chi connectivity index (χ1n) is 8.92. The van der Waals surface area contributed by atoms with Crippen LogP contribution in [0.4, 0.5) is 5.69 Å². The molecule has 0 aromatic heterocycles. The molecule has 7 nitrogen and oxygen atoms in total. The monoisotopic (exact) mass is 399 g/mol. The van der Waals surface area contributed by atoms with Crippen LogP contribution in [-0.4, -0.2) is 26.0 Å². The molecule has 3 heterocycles. The van der Waals surface area contributed by atoms with E-state index < -0.39 is 36.8 Å². The average molecular weight is 399 g/mol. The highest BCUT2D eigenvalue weighted by atomic mass is 31.2. The Balaban J connectivity index is 1.74. The van der Waals surface area contributed by atoms with E-state index in [-0.39, 0.29) is 5.91 Å². The average Bonchev–Trinajstić information content (AvgIpc) is 3.36. The fourth-order valence-electron chi connectivity index (χ4n) is 4.87. The number of rotatable bonds is 4. The number of carbonyl (C=O) groups is 2. The van der Waals surface area contributed by atoms with Crippen molar-refractivity contribution in [1.29, 1.82) is 0 Å². The molecule has 2 saturated heterocycles. The summed E-state index contributed by atoms with van der Waals surface area (Å²) in [5.74, 6) is -2.57. The van der Waals surface area contributed by atoms with Crippen molar-refractivity contribution in [3.63, 3.8) is 0 Å². The Morgan fingerprint density at radius 3 is 2.29 bits per heavy atom. The molecule has 144 valence electrons. The number of para-hydroxylation sites is 1. The van der Waals surface area contributed by atoms with Gasteiger partial charge in [-0.1, -0.05) is 42.5 Å². The Hall–Kier alpha value is -2.31. The van der Waals surface area contributed by atoms with E-state index in [4.69, 9.17) is 13.8 Å². The molecule has 5 rings (SSSR count). The van der Waals surface area contributed by atoms with Crippen molar-refractivity contribution < 1.29 is 27.9 Å². The number of benzene rings is 2. The maximum atomic E-state index is 13.7. The minimum Gasteiger partial charge on any atom is -0.348 e. The Morgan fingerprint density at radius 2 is 1.61 bits per heavy atom. The second-order valence-corrected chi connectivity index (χ2v) is 9.43. The van der Waals surface area contributed by atoms with Crippen LogP contribution in [0.2, 0.25) is 0 Å². The van der Waals surface area contributed by atoms with Gasteiger partial charge in [-0.05, 0) is 17.7 Å². The molecule has 28 heavy (non-hydrogen) atoms. The van der Waals surface area contributed by atoms with Gasteiger partial charge in [-0.25, -0.2) is 4.90 Å². The van der Waals surface area contributed by atoms with E-state index in [0.29, 0.717) is 11.3 Å². The van der Waals surface area contributed by atoms with Crippen molar-refractivity contribution in [3.05, 3.63) is 65.7 Å². The Labute approximate surface area is 161 Å². The largest absolute Gasteiger partial charge is 0.367 e. The lowest BCUT2D eigenvalue weighted by molar-refractivity contribution is -0.127. The molecule has 3 aliphatic rings. The first kappa shape index (κ1) is 17.8. The van der Waals surface area contributed by atoms with E-state index in [9.17, 15) is 14.2 Å². The minimum absolute atomic E-state index is 0.360. The SMILES string of the molecule is COP(=O)(OC)C12OC(c3ccccc31)C1C(=O)N(c3ccccc3)C(=O)C12. The van der Waals surface area contributed by atoms with E-state index in [1.807, 2.05) is 18.2 Å². The summed E-state index contributed by atoms with van der Waals surface area (Å²) in [7, 11) is -1.39. The number of hydrogen-bond acceptors (Lipinski definition) is 6. The summed E-state index contributed by atoms with van der Waals surface area (Å²) in [6, 6.07) is 15.9. The summed E-state index contributed by atoms with van der Waals surface area (Å²) >= 11 is 0. The predicted octanol–water partition coefficient (Wildman–Crippen LogP) is 3.22. The maximum absolute atomic E-state index is 13.7. The summed E-state index contributed by atoms with van der Waals surface area (Å²) in [6.45, 7) is 0. The lowest BCUT2D eigenvalue weighted by atomic mass is 9.77. The molecule has 0 radical (unpaired) electrons. The molecule has 2 fully saturated rings. The third-order valence-electron chi connectivity index (χ3n) is 5.96. The Morgan fingerprint density at radius 1 is 0.964 bits per heavy atom. The van der Waals surface area contributed by atoms with Gasteiger partial charge in [0, 0.05) is 19.8 Å². The van der Waals surface area contributed by atoms with Crippen molar-refractivity contribution >= 4 is 25.1 Å². The number of carbonyl (C=O) groups excluding carboxylic acids is 2. The highest BCUT2D eigenvalue weighted by Gasteiger charge is 2.78. The zero-order valence-corrected chi connectivity index (χ0v) is 16.2. The fourth-order valence-corrected chi connectivity index (χ4v) is 6.91. The minimum atomic E-state index is -3.92. The van der Waals surface area contributed by atoms with Gasteiger partial charge in [0.1, 0.15) is 0 Å². The number of amides is 2. The highest BCUT2D eigenvalue weighted by molar-refractivity contribution is 7.55. The van der Waals surface area contributed by atoms with E-state index in [1.54, 1.807) is 36.4 Å². The number of hydrogen-bond donors (Lipinski definition) is 0. The van der Waals surface area contributed by atoms with Crippen molar-refractivity contribution in [2.75, 3.05) is 19.1 Å². The van der Waals surface area contributed by atoms with Crippen LogP contribution in [0.5, 0.6) is 0 Å². The van der Waals surface area contributed by atoms with Gasteiger partial charge in [-0.2, -0.15) is 0 Å². The first-order chi connectivity index (χ1) is 13.5. The molecule has 2 bridgehead atoms. The zero-order chi connectivity index (χ0) is 19.7. The molecular weight excluding hydrogens is 381 g/mol. The number of nitrogens with zero attached hydrogens (tertiary/aromatic N) is 1. The zero-order valence-electron chi connectivity index (χ0n) is 15.3. The fraction of sp³-hybridized carbons (Fsp3) is 0.300. The summed E-state index contributed by atoms with van der Waals surface area (Å²) < 4.78 is 30.5. The smallest absolute Gasteiger partial charge is 0.348 e. The number of ether oxygens (including phenoxy) is 1. The van der Waals surface area contributed by atoms with Crippen LogP contribution in [0.15, 0.2) is 54.6 Å². The van der Waals surface area contributed by atoms with Gasteiger partial charge in [-0.15, -0.1) is 0 Å². The maximum Gasteiger partial charge on any atom is 0.367 e. The second kappa shape index (κ2) is 5.84. The standard InChI is InChI=1S/C20H18NO6P/c1-25-28(24,26-2)20-14-11-7-6-10-13(14)17(27-20)15-16(20)19(23)21(18(15)22)12-8-4-3-5-9-12/h3-11,15-17H,1-2H3. The molecule has 2 amide bonds. The summed E-state index contributed by atoms with van der Waals surface area (Å²) in [6.07, 6.45) is -0.676. The van der Waals surface area contributed by atoms with Crippen molar-refractivity contribution in [1.82, 2.24) is 0 Å². The molecule has 0 aliphatic carbocycles. The third kappa shape index (κ3) is 1.87. The van der Waals surface area contributed by atoms with Crippen molar-refractivity contribution in [2.24, 2.45) is 11.8 Å². The quantitative estimate of drug-likeness (QED) is 0.580. The third-order valence-corrected chi connectivity index (χ3v) is 8.36. The lowest BCUT2D eigenvalue weighted by Gasteiger charge is -2.36. The number of fused-ring (bicyclic) bond motifs is 8. The molecule has 3 aliphatic heterocycles. The van der Waals surface area contributed by atoms with E-state index in [2.05, 4.69) is 0 Å². The number of anilines is 1. The number of imide groups is 1. The van der Waals surface area contributed by atoms with Gasteiger partial charge in [0.25, 0.3) is 0 Å². The molecule has 0 saturated carbocycles. The molecule has 0 N–H and O–H groups in total. The molecular formula is C20H18NO6P. The van der Waals surface area contributed by atoms with Crippen LogP contribution in [0.25, 0.3) is 0 Å². The van der Waals surface area contributed by atoms with E-state index in [1.165, 1.54) is 19.1 Å². The van der Waals surface area contributed by atoms with E-state index >= 15 is 0 Å². The molecule has 4 atom stereocenters. The van der Waals surface area contributed by atoms with Crippen LogP contribution < -0.4 is 4.90 Å². The predicted molar refractivity (Wildman–Crippen MR) is 99.5 cm³/mol. The van der Waals surface area contributed by atoms with Crippen molar-refractivity contribution in [3.8, 4) is 0 Å². The summed E-state index contributed by atoms with van der Waals surface area (Å²) in [4.78, 5) is 27.9. The van der Waals surface area contributed by atoms with Gasteiger partial charge < -0.3 is 13.8 Å². The Kier molecular flexibility index (Phi) is 3.71. The van der Waals surface area contributed by atoms with Crippen LogP contribution in [0, 0.1) is 11.8 Å². The van der Waals surface area contributed by atoms with Gasteiger partial charge in [0.05, 0.1) is 23.6 Å². The molecule has 8 heteroatoms. The lowest BCUT2D eigenvalue weighted by Crippen LogP contribution is -2.40. The molecule has 2 aromatic rings. The van der Waals surface area contributed by atoms with Crippen LogP contribution in [-0.2, 0) is 33.3 Å². The van der Waals surface area contributed by atoms with Crippen molar-refractivity contribution in [2.45, 2.75) is 11.4 Å². The van der Waals surface area contributed by atoms with E-state index in [0.717, 1.165) is 5.56 Å². The van der Waals surface area contributed by atoms with Gasteiger partial charge in [0.2, 0.25) is 17.2 Å². The molecule has 0 spiro atoms. The first-order valence-corrected chi connectivity index (χ1v) is 10.5. The molecule has 4 unspecified atom stereocenters.